The minimum absolute atomic E-state index is 0.171. The molecule has 0 aliphatic heterocycles. The van der Waals surface area contributed by atoms with Crippen molar-refractivity contribution in [2.75, 3.05) is 6.54 Å². The first-order valence-electron chi connectivity index (χ1n) is 8.34. The Morgan fingerprint density at radius 3 is 2.85 bits per heavy atom. The number of nitrogens with one attached hydrogen (secondary N) is 2. The van der Waals surface area contributed by atoms with Crippen LogP contribution in [-0.2, 0) is 0 Å². The van der Waals surface area contributed by atoms with E-state index in [-0.39, 0.29) is 16.2 Å². The number of H-pyrrole nitrogens is 1. The molecule has 3 rings (SSSR count). The third-order valence-corrected chi connectivity index (χ3v) is 4.56. The van der Waals surface area contributed by atoms with Crippen molar-refractivity contribution in [2.24, 2.45) is 0 Å². The predicted octanol–water partition coefficient (Wildman–Crippen LogP) is 4.23. The van der Waals surface area contributed by atoms with Crippen LogP contribution in [0.1, 0.15) is 30.1 Å². The zero-order valence-electron chi connectivity index (χ0n) is 14.2. The smallest absolute Gasteiger partial charge is 0.266 e. The minimum Gasteiger partial charge on any atom is -0.352 e. The van der Waals surface area contributed by atoms with Crippen LogP contribution in [-0.4, -0.2) is 22.0 Å². The highest BCUT2D eigenvalue weighted by Gasteiger charge is 2.11. The largest absolute Gasteiger partial charge is 0.352 e. The van der Waals surface area contributed by atoms with Crippen LogP contribution in [0.25, 0.3) is 16.6 Å². The number of fused-ring (bicyclic) bond motifs is 1. The Balaban J connectivity index is 2.06. The normalized spacial score (nSPS) is 10.8. The lowest BCUT2D eigenvalue weighted by Crippen LogP contribution is -2.25. The summed E-state index contributed by atoms with van der Waals surface area (Å²) in [6.07, 6.45) is 1.93. The molecule has 0 aliphatic rings. The quantitative estimate of drug-likeness (QED) is 0.508. The standard InChI is InChI=1S/C19H18ClN3O2S/c1-2-3-9-21-17(24)12-5-4-6-14(10-12)23-18(25)15-8-7-13(20)11-16(15)22-19(23)26/h4-8,10-11H,2-3,9H2,1H3,(H,21,24)(H,22,26). The average Bonchev–Trinajstić information content (AvgIpc) is 2.61. The molecular formula is C19H18ClN3O2S. The molecular weight excluding hydrogens is 370 g/mol. The molecule has 0 unspecified atom stereocenters. The molecule has 5 nitrogen and oxygen atoms in total. The lowest BCUT2D eigenvalue weighted by molar-refractivity contribution is 0.0953. The van der Waals surface area contributed by atoms with Gasteiger partial charge in [0.15, 0.2) is 4.77 Å². The fourth-order valence-electron chi connectivity index (χ4n) is 2.69. The molecule has 0 radical (unpaired) electrons. The summed E-state index contributed by atoms with van der Waals surface area (Å²) in [5.41, 5.74) is 1.34. The number of rotatable bonds is 5. The number of aromatic amines is 1. The van der Waals surface area contributed by atoms with Gasteiger partial charge in [-0.25, -0.2) is 0 Å². The van der Waals surface area contributed by atoms with Crippen LogP contribution in [0.15, 0.2) is 47.3 Å². The van der Waals surface area contributed by atoms with Gasteiger partial charge in [-0.15, -0.1) is 0 Å². The van der Waals surface area contributed by atoms with E-state index >= 15 is 0 Å². The fourth-order valence-corrected chi connectivity index (χ4v) is 3.16. The number of benzene rings is 2. The summed E-state index contributed by atoms with van der Waals surface area (Å²) in [5.74, 6) is -0.171. The monoisotopic (exact) mass is 387 g/mol. The number of aromatic nitrogens is 2. The first-order valence-corrected chi connectivity index (χ1v) is 9.13. The molecule has 0 fully saturated rings. The zero-order valence-corrected chi connectivity index (χ0v) is 15.8. The van der Waals surface area contributed by atoms with E-state index in [1.165, 1.54) is 4.57 Å². The highest BCUT2D eigenvalue weighted by molar-refractivity contribution is 7.71. The average molecular weight is 388 g/mol. The summed E-state index contributed by atoms with van der Waals surface area (Å²) in [6.45, 7) is 2.68. The number of hydrogen-bond acceptors (Lipinski definition) is 3. The van der Waals surface area contributed by atoms with Gasteiger partial charge in [-0.3, -0.25) is 14.2 Å². The van der Waals surface area contributed by atoms with Crippen molar-refractivity contribution in [2.45, 2.75) is 19.8 Å². The van der Waals surface area contributed by atoms with Crippen molar-refractivity contribution >= 4 is 40.6 Å². The van der Waals surface area contributed by atoms with Crippen LogP contribution < -0.4 is 10.9 Å². The Kier molecular flexibility index (Phi) is 5.54. The van der Waals surface area contributed by atoms with Crippen molar-refractivity contribution in [1.82, 2.24) is 14.9 Å². The van der Waals surface area contributed by atoms with Crippen LogP contribution >= 0.6 is 23.8 Å². The summed E-state index contributed by atoms with van der Waals surface area (Å²) in [7, 11) is 0. The third kappa shape index (κ3) is 3.71. The molecule has 0 atom stereocenters. The number of carbonyl (C=O) groups is 1. The number of unbranched alkanes of at least 4 members (excludes halogenated alkanes) is 1. The van der Waals surface area contributed by atoms with E-state index in [9.17, 15) is 9.59 Å². The second kappa shape index (κ2) is 7.85. The van der Waals surface area contributed by atoms with E-state index in [2.05, 4.69) is 17.2 Å². The molecule has 0 aliphatic carbocycles. The van der Waals surface area contributed by atoms with Crippen LogP contribution in [0.3, 0.4) is 0 Å². The number of nitrogens with zero attached hydrogens (tertiary/aromatic N) is 1. The highest BCUT2D eigenvalue weighted by atomic mass is 35.5. The minimum atomic E-state index is -0.260. The molecule has 0 bridgehead atoms. The Bertz CT molecular complexity index is 1090. The van der Waals surface area contributed by atoms with E-state index in [4.69, 9.17) is 23.8 Å². The first-order chi connectivity index (χ1) is 12.5. The van der Waals surface area contributed by atoms with Crippen LogP contribution in [0.5, 0.6) is 0 Å². The van der Waals surface area contributed by atoms with Crippen LogP contribution in [0.4, 0.5) is 0 Å². The molecule has 2 N–H and O–H groups in total. The van der Waals surface area contributed by atoms with Crippen LogP contribution in [0.2, 0.25) is 5.02 Å². The van der Waals surface area contributed by atoms with E-state index in [1.54, 1.807) is 42.5 Å². The van der Waals surface area contributed by atoms with Gasteiger partial charge < -0.3 is 10.3 Å². The first kappa shape index (κ1) is 18.4. The van der Waals surface area contributed by atoms with Crippen molar-refractivity contribution in [3.8, 4) is 5.69 Å². The van der Waals surface area contributed by atoms with Gasteiger partial charge in [-0.2, -0.15) is 0 Å². The Morgan fingerprint density at radius 1 is 1.27 bits per heavy atom. The Labute approximate surface area is 160 Å². The van der Waals surface area contributed by atoms with E-state index in [0.29, 0.717) is 33.7 Å². The maximum Gasteiger partial charge on any atom is 0.266 e. The molecule has 0 saturated carbocycles. The van der Waals surface area contributed by atoms with Gasteiger partial charge in [0.2, 0.25) is 0 Å². The Hall–Kier alpha value is -2.44. The van der Waals surface area contributed by atoms with E-state index in [0.717, 1.165) is 12.8 Å². The topological polar surface area (TPSA) is 66.9 Å². The van der Waals surface area contributed by atoms with Gasteiger partial charge >= 0.3 is 0 Å². The van der Waals surface area contributed by atoms with Gasteiger partial charge in [0.25, 0.3) is 11.5 Å². The highest BCUT2D eigenvalue weighted by Crippen LogP contribution is 2.16. The van der Waals surface area contributed by atoms with Crippen molar-refractivity contribution in [3.05, 3.63) is 68.2 Å². The maximum atomic E-state index is 12.9. The van der Waals surface area contributed by atoms with Crippen LogP contribution in [0, 0.1) is 4.77 Å². The zero-order chi connectivity index (χ0) is 18.7. The summed E-state index contributed by atoms with van der Waals surface area (Å²) >= 11 is 11.3. The number of halogens is 1. The molecule has 134 valence electrons. The van der Waals surface area contributed by atoms with E-state index < -0.39 is 0 Å². The van der Waals surface area contributed by atoms with Gasteiger partial charge in [-0.1, -0.05) is 31.0 Å². The molecule has 0 saturated heterocycles. The molecule has 7 heteroatoms. The molecule has 3 aromatic rings. The van der Waals surface area contributed by atoms with Gasteiger partial charge in [0, 0.05) is 17.1 Å². The molecule has 0 spiro atoms. The predicted molar refractivity (Wildman–Crippen MR) is 107 cm³/mol. The SMILES string of the molecule is CCCCNC(=O)c1cccc(-n2c(=S)[nH]c3cc(Cl)ccc3c2=O)c1. The third-order valence-electron chi connectivity index (χ3n) is 4.04. The number of hydrogen-bond donors (Lipinski definition) is 2. The molecule has 1 amide bonds. The number of amides is 1. The summed E-state index contributed by atoms with van der Waals surface area (Å²) in [5, 5.41) is 3.86. The van der Waals surface area contributed by atoms with Crippen molar-refractivity contribution in [1.29, 1.82) is 0 Å². The lowest BCUT2D eigenvalue weighted by atomic mass is 10.1. The Morgan fingerprint density at radius 2 is 2.08 bits per heavy atom. The molecule has 1 heterocycles. The van der Waals surface area contributed by atoms with Crippen molar-refractivity contribution < 1.29 is 4.79 Å². The summed E-state index contributed by atoms with van der Waals surface area (Å²) < 4.78 is 1.63. The molecule has 1 aromatic heterocycles. The molecule has 2 aromatic carbocycles. The van der Waals surface area contributed by atoms with Gasteiger partial charge in [0.05, 0.1) is 16.6 Å². The summed E-state index contributed by atoms with van der Waals surface area (Å²) in [4.78, 5) is 28.2. The van der Waals surface area contributed by atoms with Gasteiger partial charge in [0.1, 0.15) is 0 Å². The maximum absolute atomic E-state index is 12.9. The lowest BCUT2D eigenvalue weighted by Gasteiger charge is -2.10. The fraction of sp³-hybridized carbons (Fsp3) is 0.211. The second-order valence-electron chi connectivity index (χ2n) is 5.92. The number of carbonyl (C=O) groups excluding carboxylic acids is 1. The van der Waals surface area contributed by atoms with Crippen molar-refractivity contribution in [3.63, 3.8) is 0 Å². The summed E-state index contributed by atoms with van der Waals surface area (Å²) in [6, 6.07) is 11.8. The second-order valence-corrected chi connectivity index (χ2v) is 6.74. The van der Waals surface area contributed by atoms with Gasteiger partial charge in [-0.05, 0) is 55.0 Å². The molecule has 26 heavy (non-hydrogen) atoms. The van der Waals surface area contributed by atoms with E-state index in [1.807, 2.05) is 0 Å².